The molecule has 1 aliphatic rings. The summed E-state index contributed by atoms with van der Waals surface area (Å²) >= 11 is 6.16. The zero-order valence-electron chi connectivity index (χ0n) is 20.5. The number of nitrogens with zero attached hydrogens (tertiary/aromatic N) is 1. The van der Waals surface area contributed by atoms with Crippen molar-refractivity contribution in [3.05, 3.63) is 101 Å². The first-order valence-corrected chi connectivity index (χ1v) is 12.8. The number of benzene rings is 3. The topological polar surface area (TPSA) is 87.7 Å². The van der Waals surface area contributed by atoms with E-state index < -0.39 is 0 Å². The van der Waals surface area contributed by atoms with Crippen LogP contribution >= 0.6 is 11.6 Å². The van der Waals surface area contributed by atoms with E-state index in [1.54, 1.807) is 47.4 Å². The van der Waals surface area contributed by atoms with Crippen molar-refractivity contribution >= 4 is 29.3 Å². The molecule has 0 aliphatic carbocycles. The van der Waals surface area contributed by atoms with Crippen molar-refractivity contribution < 1.29 is 19.1 Å². The predicted molar refractivity (Wildman–Crippen MR) is 143 cm³/mol. The fraction of sp³-hybridized carbons (Fsp3) is 0.276. The van der Waals surface area contributed by atoms with Crippen molar-refractivity contribution in [1.82, 2.24) is 15.5 Å². The van der Waals surface area contributed by atoms with Crippen molar-refractivity contribution in [2.75, 3.05) is 26.2 Å². The first-order chi connectivity index (χ1) is 18.0. The number of hydrogen-bond donors (Lipinski definition) is 2. The zero-order chi connectivity index (χ0) is 26.0. The fourth-order valence-corrected chi connectivity index (χ4v) is 4.41. The molecule has 4 rings (SSSR count). The normalized spacial score (nSPS) is 17.3. The van der Waals surface area contributed by atoms with Crippen LogP contribution in [0.2, 0.25) is 5.02 Å². The van der Waals surface area contributed by atoms with E-state index in [0.717, 1.165) is 5.56 Å². The molecule has 2 N–H and O–H groups in total. The maximum Gasteiger partial charge on any atom is 0.255 e. The van der Waals surface area contributed by atoms with Crippen molar-refractivity contribution in [2.45, 2.75) is 25.3 Å². The van der Waals surface area contributed by atoms with Gasteiger partial charge in [-0.3, -0.25) is 14.4 Å². The van der Waals surface area contributed by atoms with Crippen LogP contribution in [0.1, 0.15) is 39.1 Å². The van der Waals surface area contributed by atoms with Gasteiger partial charge in [0.15, 0.2) is 0 Å². The minimum atomic E-state index is -0.389. The lowest BCUT2D eigenvalue weighted by Gasteiger charge is -2.25. The Morgan fingerprint density at radius 3 is 2.46 bits per heavy atom. The van der Waals surface area contributed by atoms with Gasteiger partial charge in [-0.2, -0.15) is 0 Å². The Labute approximate surface area is 221 Å². The second-order valence-corrected chi connectivity index (χ2v) is 9.40. The molecule has 3 aromatic carbocycles. The van der Waals surface area contributed by atoms with E-state index in [1.165, 1.54) is 0 Å². The van der Waals surface area contributed by atoms with Gasteiger partial charge in [0.2, 0.25) is 5.91 Å². The molecule has 0 spiro atoms. The highest BCUT2D eigenvalue weighted by Crippen LogP contribution is 2.23. The molecule has 3 amide bonds. The number of rotatable bonds is 3. The summed E-state index contributed by atoms with van der Waals surface area (Å²) in [6.07, 6.45) is 1.78. The molecule has 8 heteroatoms. The molecule has 0 aromatic heterocycles. The molecule has 0 saturated carbocycles. The Hall–Kier alpha value is -3.84. The molecule has 0 unspecified atom stereocenters. The van der Waals surface area contributed by atoms with Gasteiger partial charge < -0.3 is 20.3 Å². The SMILES string of the molecule is O=C1CN(C(=O)c2ccccc2)CCCCNC(=O)c2cc(Cl)ccc2OC[C@@H](Cc2ccccc2)N1. The number of halogens is 1. The molecule has 1 heterocycles. The zero-order valence-corrected chi connectivity index (χ0v) is 21.2. The third-order valence-electron chi connectivity index (χ3n) is 6.10. The van der Waals surface area contributed by atoms with Gasteiger partial charge in [0.05, 0.1) is 18.2 Å². The van der Waals surface area contributed by atoms with Crippen LogP contribution < -0.4 is 15.4 Å². The fourth-order valence-electron chi connectivity index (χ4n) is 4.23. The molecule has 0 fully saturated rings. The highest BCUT2D eigenvalue weighted by atomic mass is 35.5. The number of carbonyl (C=O) groups excluding carboxylic acids is 3. The van der Waals surface area contributed by atoms with Crippen molar-refractivity contribution in [1.29, 1.82) is 0 Å². The summed E-state index contributed by atoms with van der Waals surface area (Å²) in [5.74, 6) is -0.366. The molecule has 0 radical (unpaired) electrons. The summed E-state index contributed by atoms with van der Waals surface area (Å²) in [4.78, 5) is 40.8. The van der Waals surface area contributed by atoms with Crippen LogP contribution in [0.25, 0.3) is 0 Å². The standard InChI is InChI=1S/C29H30ClN3O4/c30-23-13-14-26-25(18-23)28(35)31-15-7-8-16-33(29(36)22-11-5-2-6-12-22)19-27(34)32-24(20-37-26)17-21-9-3-1-4-10-21/h1-6,9-14,18,24H,7-8,15-17,19-20H2,(H,31,35)(H,32,34)/t24-/m1/s1. The summed E-state index contributed by atoms with van der Waals surface area (Å²) in [5, 5.41) is 6.38. The first kappa shape index (κ1) is 26.2. The third kappa shape index (κ3) is 7.57. The number of nitrogens with one attached hydrogen (secondary N) is 2. The number of hydrogen-bond acceptors (Lipinski definition) is 4. The lowest BCUT2D eigenvalue weighted by molar-refractivity contribution is -0.122. The molecule has 0 bridgehead atoms. The van der Waals surface area contributed by atoms with Crippen LogP contribution in [-0.4, -0.2) is 54.9 Å². The van der Waals surface area contributed by atoms with Gasteiger partial charge in [-0.25, -0.2) is 0 Å². The van der Waals surface area contributed by atoms with Crippen LogP contribution in [-0.2, 0) is 11.2 Å². The second-order valence-electron chi connectivity index (χ2n) is 8.96. The molecular formula is C29H30ClN3O4. The maximum atomic E-state index is 13.2. The summed E-state index contributed by atoms with van der Waals surface area (Å²) < 4.78 is 6.05. The van der Waals surface area contributed by atoms with Crippen molar-refractivity contribution in [2.24, 2.45) is 0 Å². The maximum absolute atomic E-state index is 13.2. The van der Waals surface area contributed by atoms with E-state index in [2.05, 4.69) is 10.6 Å². The van der Waals surface area contributed by atoms with Gasteiger partial charge in [0.1, 0.15) is 12.4 Å². The van der Waals surface area contributed by atoms with Gasteiger partial charge in [0.25, 0.3) is 11.8 Å². The first-order valence-electron chi connectivity index (χ1n) is 12.4. The Morgan fingerprint density at radius 1 is 0.973 bits per heavy atom. The van der Waals surface area contributed by atoms with E-state index in [9.17, 15) is 14.4 Å². The van der Waals surface area contributed by atoms with Gasteiger partial charge in [-0.15, -0.1) is 0 Å². The van der Waals surface area contributed by atoms with E-state index in [4.69, 9.17) is 16.3 Å². The quantitative estimate of drug-likeness (QED) is 0.545. The average molecular weight is 520 g/mol. The molecule has 3 aromatic rings. The lowest BCUT2D eigenvalue weighted by Crippen LogP contribution is -2.47. The molecule has 0 saturated heterocycles. The Morgan fingerprint density at radius 2 is 1.70 bits per heavy atom. The summed E-state index contributed by atoms with van der Waals surface area (Å²) in [6, 6.07) is 23.2. The largest absolute Gasteiger partial charge is 0.491 e. The van der Waals surface area contributed by atoms with E-state index in [-0.39, 0.29) is 36.9 Å². The summed E-state index contributed by atoms with van der Waals surface area (Å²) in [5.41, 5.74) is 1.90. The molecule has 1 aliphatic heterocycles. The molecule has 37 heavy (non-hydrogen) atoms. The van der Waals surface area contributed by atoms with Crippen molar-refractivity contribution in [3.8, 4) is 5.75 Å². The van der Waals surface area contributed by atoms with Crippen LogP contribution in [0.5, 0.6) is 5.75 Å². The number of ether oxygens (including phenoxy) is 1. The number of carbonyl (C=O) groups is 3. The number of amides is 3. The summed E-state index contributed by atoms with van der Waals surface area (Å²) in [6.45, 7) is 0.868. The van der Waals surface area contributed by atoms with Gasteiger partial charge in [-0.05, 0) is 55.2 Å². The van der Waals surface area contributed by atoms with Gasteiger partial charge >= 0.3 is 0 Å². The smallest absolute Gasteiger partial charge is 0.255 e. The molecule has 7 nitrogen and oxygen atoms in total. The van der Waals surface area contributed by atoms with Crippen LogP contribution in [0.15, 0.2) is 78.9 Å². The highest BCUT2D eigenvalue weighted by molar-refractivity contribution is 6.31. The lowest BCUT2D eigenvalue weighted by atomic mass is 10.1. The van der Waals surface area contributed by atoms with Crippen molar-refractivity contribution in [3.63, 3.8) is 0 Å². The second kappa shape index (κ2) is 12.9. The highest BCUT2D eigenvalue weighted by Gasteiger charge is 2.22. The van der Waals surface area contributed by atoms with Gasteiger partial charge in [-0.1, -0.05) is 60.1 Å². The van der Waals surface area contributed by atoms with E-state index in [1.807, 2.05) is 36.4 Å². The Balaban J connectivity index is 1.58. The van der Waals surface area contributed by atoms with Crippen LogP contribution in [0, 0.1) is 0 Å². The predicted octanol–water partition coefficient (Wildman–Crippen LogP) is 4.11. The van der Waals surface area contributed by atoms with E-state index >= 15 is 0 Å². The number of fused-ring (bicyclic) bond motifs is 1. The monoisotopic (exact) mass is 519 g/mol. The molecule has 1 atom stereocenters. The molecule has 192 valence electrons. The van der Waals surface area contributed by atoms with E-state index in [0.29, 0.717) is 54.3 Å². The Bertz CT molecular complexity index is 1220. The molecular weight excluding hydrogens is 490 g/mol. The summed E-state index contributed by atoms with van der Waals surface area (Å²) in [7, 11) is 0. The average Bonchev–Trinajstić information content (AvgIpc) is 2.91. The Kier molecular flexibility index (Phi) is 9.16. The van der Waals surface area contributed by atoms with Crippen LogP contribution in [0.3, 0.4) is 0 Å². The minimum Gasteiger partial charge on any atom is -0.491 e. The van der Waals surface area contributed by atoms with Gasteiger partial charge in [0, 0.05) is 23.7 Å². The van der Waals surface area contributed by atoms with Crippen LogP contribution in [0.4, 0.5) is 0 Å². The third-order valence-corrected chi connectivity index (χ3v) is 6.33. The minimum absolute atomic E-state index is 0.0719.